The van der Waals surface area contributed by atoms with E-state index in [4.69, 9.17) is 4.74 Å². The Morgan fingerprint density at radius 2 is 1.50 bits per heavy atom. The molecule has 1 aliphatic rings. The minimum absolute atomic E-state index is 0.106. The molecule has 0 atom stereocenters. The topological polar surface area (TPSA) is 38.8 Å². The lowest BCUT2D eigenvalue weighted by Crippen LogP contribution is -2.19. The summed E-state index contributed by atoms with van der Waals surface area (Å²) >= 11 is 1.37. The summed E-state index contributed by atoms with van der Waals surface area (Å²) in [6, 6.07) is 32.6. The molecule has 48 heavy (non-hydrogen) atoms. The Bertz CT molecular complexity index is 1700. The summed E-state index contributed by atoms with van der Waals surface area (Å²) < 4.78 is 50.0. The van der Waals surface area contributed by atoms with Gasteiger partial charge in [0.25, 0.3) is 0 Å². The summed E-state index contributed by atoms with van der Waals surface area (Å²) in [6.45, 7) is 7.02. The van der Waals surface area contributed by atoms with Gasteiger partial charge in [-0.05, 0) is 70.5 Å². The van der Waals surface area contributed by atoms with Crippen LogP contribution in [-0.2, 0) is 22.5 Å². The van der Waals surface area contributed by atoms with E-state index in [1.807, 2.05) is 56.3 Å². The highest BCUT2D eigenvalue weighted by molar-refractivity contribution is 7.97. The molecule has 0 aromatic heterocycles. The van der Waals surface area contributed by atoms with E-state index in [1.54, 1.807) is 10.4 Å². The fourth-order valence-electron chi connectivity index (χ4n) is 5.16. The molecule has 0 fully saturated rings. The molecule has 0 spiro atoms. The van der Waals surface area contributed by atoms with Crippen molar-refractivity contribution in [2.24, 2.45) is 0 Å². The molecule has 0 bridgehead atoms. The number of hydrogen-bond donors (Lipinski definition) is 0. The number of halogens is 3. The molecule has 0 N–H and O–H groups in total. The van der Waals surface area contributed by atoms with Crippen LogP contribution in [0.3, 0.4) is 0 Å². The Labute approximate surface area is 285 Å². The zero-order chi connectivity index (χ0) is 34.4. The van der Waals surface area contributed by atoms with Crippen molar-refractivity contribution in [3.05, 3.63) is 149 Å². The maximum absolute atomic E-state index is 12.7. The molecule has 1 aliphatic heterocycles. The molecular weight excluding hydrogens is 632 g/mol. The molecule has 0 unspecified atom stereocenters. The number of alkyl halides is 3. The third-order valence-corrected chi connectivity index (χ3v) is 8.26. The zero-order valence-corrected chi connectivity index (χ0v) is 28.2. The molecule has 4 aromatic carbocycles. The molecule has 0 saturated heterocycles. The minimum Gasteiger partial charge on any atom is -0.492 e. The average molecular weight is 672 g/mol. The van der Waals surface area contributed by atoms with E-state index >= 15 is 0 Å². The van der Waals surface area contributed by atoms with Gasteiger partial charge in [-0.15, -0.1) is 13.2 Å². The van der Waals surface area contributed by atoms with E-state index in [1.165, 1.54) is 35.7 Å². The molecule has 4 nitrogen and oxygen atoms in total. The Kier molecular flexibility index (Phi) is 13.7. The second-order valence-electron chi connectivity index (χ2n) is 10.7. The number of aldehydes is 1. The van der Waals surface area contributed by atoms with Crippen LogP contribution in [0.15, 0.2) is 138 Å². The Morgan fingerprint density at radius 1 is 0.854 bits per heavy atom. The van der Waals surface area contributed by atoms with Crippen LogP contribution in [0.4, 0.5) is 13.2 Å². The molecule has 0 aliphatic carbocycles. The third-order valence-electron chi connectivity index (χ3n) is 7.24. The van der Waals surface area contributed by atoms with Crippen molar-refractivity contribution in [2.75, 3.05) is 13.2 Å². The van der Waals surface area contributed by atoms with Gasteiger partial charge >= 0.3 is 6.36 Å². The summed E-state index contributed by atoms with van der Waals surface area (Å²) in [4.78, 5) is 12.3. The average Bonchev–Trinajstić information content (AvgIpc) is 3.48. The number of carbonyl (C=O) groups is 1. The number of nitrogens with zero attached hydrogens (tertiary/aromatic N) is 1. The summed E-state index contributed by atoms with van der Waals surface area (Å²) in [7, 11) is 0. The van der Waals surface area contributed by atoms with Crippen molar-refractivity contribution >= 4 is 23.8 Å². The van der Waals surface area contributed by atoms with Crippen LogP contribution in [0.5, 0.6) is 5.75 Å². The largest absolute Gasteiger partial charge is 0.573 e. The first kappa shape index (κ1) is 36.3. The molecule has 0 amide bonds. The van der Waals surface area contributed by atoms with Crippen molar-refractivity contribution in [1.82, 2.24) is 4.31 Å². The van der Waals surface area contributed by atoms with Gasteiger partial charge in [-0.25, -0.2) is 4.31 Å². The van der Waals surface area contributed by atoms with Gasteiger partial charge in [-0.1, -0.05) is 118 Å². The fraction of sp³-hybridized carbons (Fsp3) is 0.225. The molecule has 250 valence electrons. The molecule has 0 saturated carbocycles. The first-order valence-corrected chi connectivity index (χ1v) is 16.8. The van der Waals surface area contributed by atoms with Crippen molar-refractivity contribution in [3.63, 3.8) is 0 Å². The van der Waals surface area contributed by atoms with Gasteiger partial charge in [0.15, 0.2) is 0 Å². The first-order chi connectivity index (χ1) is 23.3. The number of carbonyl (C=O) groups excluding carboxylic acids is 1. The van der Waals surface area contributed by atoms with Crippen molar-refractivity contribution in [3.8, 4) is 16.9 Å². The Hall–Kier alpha value is -4.53. The van der Waals surface area contributed by atoms with E-state index in [9.17, 15) is 18.0 Å². The number of rotatable bonds is 13. The quantitative estimate of drug-likeness (QED) is 0.104. The van der Waals surface area contributed by atoms with Gasteiger partial charge in [-0.2, -0.15) is 0 Å². The van der Waals surface area contributed by atoms with E-state index < -0.39 is 6.36 Å². The van der Waals surface area contributed by atoms with Crippen molar-refractivity contribution in [1.29, 1.82) is 0 Å². The standard InChI is InChI=1S/C38H34F3NO3S.C2H6/c1-2-3-5-12-33-27-44-36(25-28-9-6-4-7-10-28)37(33)32-16-14-30(15-17-32)31-18-20-35(21-19-31)46-42(22-23-43)26-29-11-8-13-34(24-29)45-38(39,40)41;1-2/h3-21,23-24H,2,22,25-27H2,1H3;1-2H3/b5-3-,33-12+;. The molecule has 4 aromatic rings. The summed E-state index contributed by atoms with van der Waals surface area (Å²) in [5.41, 5.74) is 7.29. The lowest BCUT2D eigenvalue weighted by Gasteiger charge is -2.19. The summed E-state index contributed by atoms with van der Waals surface area (Å²) in [5.74, 6) is 0.678. The van der Waals surface area contributed by atoms with E-state index in [2.05, 4.69) is 66.3 Å². The smallest absolute Gasteiger partial charge is 0.492 e. The number of allylic oxidation sites excluding steroid dienone is 4. The lowest BCUT2D eigenvalue weighted by atomic mass is 9.94. The van der Waals surface area contributed by atoms with E-state index in [0.29, 0.717) is 12.2 Å². The van der Waals surface area contributed by atoms with E-state index in [0.717, 1.165) is 57.6 Å². The molecule has 0 radical (unpaired) electrons. The third kappa shape index (κ3) is 10.8. The second kappa shape index (κ2) is 18.1. The maximum atomic E-state index is 12.7. The van der Waals surface area contributed by atoms with Crippen molar-refractivity contribution in [2.45, 2.75) is 51.4 Å². The molecule has 5 rings (SSSR count). The van der Waals surface area contributed by atoms with Crippen LogP contribution in [-0.4, -0.2) is 30.1 Å². The molecule has 8 heteroatoms. The normalized spacial score (nSPS) is 13.9. The van der Waals surface area contributed by atoms with Gasteiger partial charge in [0, 0.05) is 29.0 Å². The highest BCUT2D eigenvalue weighted by Crippen LogP contribution is 2.37. The summed E-state index contributed by atoms with van der Waals surface area (Å²) in [5, 5.41) is 0. The van der Waals surface area contributed by atoms with Crippen LogP contribution >= 0.6 is 11.9 Å². The van der Waals surface area contributed by atoms with Gasteiger partial charge in [0.1, 0.15) is 24.4 Å². The fourth-order valence-corrected chi connectivity index (χ4v) is 6.06. The maximum Gasteiger partial charge on any atom is 0.573 e. The molecular formula is C40H40F3NO3S. The van der Waals surface area contributed by atoms with Crippen molar-refractivity contribution < 1.29 is 27.4 Å². The number of benzene rings is 4. The van der Waals surface area contributed by atoms with Crippen LogP contribution < -0.4 is 4.74 Å². The van der Waals surface area contributed by atoms with Gasteiger partial charge in [-0.3, -0.25) is 0 Å². The Morgan fingerprint density at radius 3 is 2.15 bits per heavy atom. The predicted molar refractivity (Wildman–Crippen MR) is 189 cm³/mol. The lowest BCUT2D eigenvalue weighted by molar-refractivity contribution is -0.274. The Balaban J connectivity index is 0.00000255. The van der Waals surface area contributed by atoms with E-state index in [-0.39, 0.29) is 18.8 Å². The predicted octanol–water partition coefficient (Wildman–Crippen LogP) is 10.9. The first-order valence-electron chi connectivity index (χ1n) is 16.0. The molecule has 1 heterocycles. The monoisotopic (exact) mass is 671 g/mol. The highest BCUT2D eigenvalue weighted by atomic mass is 32.2. The second-order valence-corrected chi connectivity index (χ2v) is 11.8. The highest BCUT2D eigenvalue weighted by Gasteiger charge is 2.31. The number of ether oxygens (including phenoxy) is 2. The van der Waals surface area contributed by atoms with Gasteiger partial charge in [0.2, 0.25) is 0 Å². The summed E-state index contributed by atoms with van der Waals surface area (Å²) in [6.07, 6.45) is 4.06. The minimum atomic E-state index is -4.77. The zero-order valence-electron chi connectivity index (χ0n) is 27.4. The van der Waals surface area contributed by atoms with Crippen LogP contribution in [0.1, 0.15) is 43.9 Å². The van der Waals surface area contributed by atoms with Gasteiger partial charge in [0.05, 0.1) is 6.54 Å². The SMILES string of the molecule is CC.CC/C=C\C=C1/COC(Cc2ccccc2)=C1c1ccc(-c2ccc(SN(CC=O)Cc3cccc(OC(F)(F)F)c3)cc2)cc1. The van der Waals surface area contributed by atoms with Crippen LogP contribution in [0.25, 0.3) is 16.7 Å². The number of hydrogen-bond acceptors (Lipinski definition) is 5. The van der Waals surface area contributed by atoms with Crippen LogP contribution in [0.2, 0.25) is 0 Å². The van der Waals surface area contributed by atoms with Gasteiger partial charge < -0.3 is 14.3 Å². The van der Waals surface area contributed by atoms with Crippen LogP contribution in [0, 0.1) is 0 Å².